The third-order valence-electron chi connectivity index (χ3n) is 5.46. The Bertz CT molecular complexity index is 837. The zero-order valence-electron chi connectivity index (χ0n) is 19.4. The summed E-state index contributed by atoms with van der Waals surface area (Å²) in [7, 11) is 3.82. The van der Waals surface area contributed by atoms with E-state index in [1.165, 1.54) is 12.0 Å². The van der Waals surface area contributed by atoms with Crippen LogP contribution in [0.3, 0.4) is 0 Å². The fourth-order valence-electron chi connectivity index (χ4n) is 4.16. The molecule has 172 valence electrons. The number of halogens is 1. The van der Waals surface area contributed by atoms with Gasteiger partial charge in [0.1, 0.15) is 0 Å². The molecule has 2 atom stereocenters. The Morgan fingerprint density at radius 2 is 2.13 bits per heavy atom. The average Bonchev–Trinajstić information content (AvgIpc) is 3.31. The van der Waals surface area contributed by atoms with Crippen molar-refractivity contribution in [3.8, 4) is 5.88 Å². The molecule has 0 spiro atoms. The van der Waals surface area contributed by atoms with E-state index in [-0.39, 0.29) is 30.1 Å². The average molecular weight is 540 g/mol. The number of aromatic nitrogens is 3. The quantitative estimate of drug-likeness (QED) is 0.313. The van der Waals surface area contributed by atoms with Crippen molar-refractivity contribution in [3.05, 3.63) is 41.9 Å². The van der Waals surface area contributed by atoms with Gasteiger partial charge in [0.15, 0.2) is 5.96 Å². The van der Waals surface area contributed by atoms with E-state index in [1.807, 2.05) is 43.3 Å². The largest absolute Gasteiger partial charge is 0.475 e. The summed E-state index contributed by atoms with van der Waals surface area (Å²) in [4.78, 5) is 11.2. The van der Waals surface area contributed by atoms with Crippen LogP contribution in [0.25, 0.3) is 0 Å². The van der Waals surface area contributed by atoms with Crippen LogP contribution in [0.2, 0.25) is 0 Å². The maximum absolute atomic E-state index is 5.98. The number of rotatable bonds is 8. The molecule has 3 heterocycles. The molecule has 1 N–H and O–H groups in total. The molecule has 0 bridgehead atoms. The normalized spacial score (nSPS) is 17.5. The molecule has 0 radical (unpaired) electrons. The van der Waals surface area contributed by atoms with Crippen LogP contribution in [0, 0.1) is 11.8 Å². The van der Waals surface area contributed by atoms with E-state index in [9.17, 15) is 0 Å². The van der Waals surface area contributed by atoms with Crippen LogP contribution in [-0.4, -0.2) is 51.9 Å². The Balaban J connectivity index is 0.00000341. The molecule has 31 heavy (non-hydrogen) atoms. The van der Waals surface area contributed by atoms with E-state index in [0.717, 1.165) is 37.5 Å². The van der Waals surface area contributed by atoms with Gasteiger partial charge in [0.25, 0.3) is 0 Å². The zero-order valence-corrected chi connectivity index (χ0v) is 21.7. The molecule has 3 rings (SSSR count). The van der Waals surface area contributed by atoms with E-state index in [2.05, 4.69) is 52.3 Å². The summed E-state index contributed by atoms with van der Waals surface area (Å²) < 4.78 is 7.86. The summed E-state index contributed by atoms with van der Waals surface area (Å²) in [6.45, 7) is 9.27. The first-order valence-corrected chi connectivity index (χ1v) is 11.0. The smallest absolute Gasteiger partial charge is 0.213 e. The number of hydrogen-bond acceptors (Lipinski definition) is 4. The highest BCUT2D eigenvalue weighted by Crippen LogP contribution is 2.21. The number of likely N-dealkylation sites (tertiary alicyclic amines) is 1. The molecular formula is C23H37IN6O. The first kappa shape index (κ1) is 25.4. The van der Waals surface area contributed by atoms with Crippen LogP contribution in [0.1, 0.15) is 44.7 Å². The number of nitrogens with one attached hydrogen (secondary N) is 1. The van der Waals surface area contributed by atoms with Gasteiger partial charge in [-0.3, -0.25) is 9.67 Å². The standard InChI is InChI=1S/C23H36N6O.HI/c1-17(2)10-18(3)30-22-12-19(6-8-25-22)13-26-23(24-4)29-9-7-20(16-29)11-21-14-27-28(5)15-21;/h6,8,12,14-15,17-18,20H,7,9-11,13,16H2,1-5H3,(H,24,26);1H. The molecule has 1 aliphatic rings. The predicted octanol–water partition coefficient (Wildman–Crippen LogP) is 3.89. The van der Waals surface area contributed by atoms with Gasteiger partial charge < -0.3 is 15.0 Å². The van der Waals surface area contributed by atoms with E-state index in [0.29, 0.717) is 24.3 Å². The van der Waals surface area contributed by atoms with Crippen LogP contribution in [0.5, 0.6) is 5.88 Å². The van der Waals surface area contributed by atoms with Crippen molar-refractivity contribution in [2.24, 2.45) is 23.9 Å². The van der Waals surface area contributed by atoms with Crippen LogP contribution >= 0.6 is 24.0 Å². The number of aryl methyl sites for hydroxylation is 1. The van der Waals surface area contributed by atoms with E-state index in [1.54, 1.807) is 0 Å². The Hall–Kier alpha value is -1.84. The molecule has 1 fully saturated rings. The molecule has 0 aliphatic carbocycles. The molecular weight excluding hydrogens is 503 g/mol. The lowest BCUT2D eigenvalue weighted by atomic mass is 10.0. The lowest BCUT2D eigenvalue weighted by Crippen LogP contribution is -2.39. The van der Waals surface area contributed by atoms with Crippen LogP contribution in [0.15, 0.2) is 35.7 Å². The molecule has 2 unspecified atom stereocenters. The van der Waals surface area contributed by atoms with Gasteiger partial charge in [0, 0.05) is 52.2 Å². The molecule has 0 aromatic carbocycles. The Morgan fingerprint density at radius 3 is 2.81 bits per heavy atom. The summed E-state index contributed by atoms with van der Waals surface area (Å²) in [6.07, 6.45) is 9.33. The van der Waals surface area contributed by atoms with Gasteiger partial charge >= 0.3 is 0 Å². The Morgan fingerprint density at radius 1 is 1.32 bits per heavy atom. The number of hydrogen-bond donors (Lipinski definition) is 1. The topological polar surface area (TPSA) is 67.6 Å². The van der Waals surface area contributed by atoms with Gasteiger partial charge in [-0.25, -0.2) is 4.98 Å². The minimum Gasteiger partial charge on any atom is -0.475 e. The fourth-order valence-corrected chi connectivity index (χ4v) is 4.16. The second kappa shape index (κ2) is 12.3. The van der Waals surface area contributed by atoms with Crippen LogP contribution in [0.4, 0.5) is 0 Å². The fraction of sp³-hybridized carbons (Fsp3) is 0.609. The maximum atomic E-state index is 5.98. The van der Waals surface area contributed by atoms with Crippen molar-refractivity contribution in [2.75, 3.05) is 20.1 Å². The van der Waals surface area contributed by atoms with Gasteiger partial charge in [-0.05, 0) is 55.2 Å². The first-order valence-electron chi connectivity index (χ1n) is 11.0. The highest BCUT2D eigenvalue weighted by Gasteiger charge is 2.25. The van der Waals surface area contributed by atoms with Crippen LogP contribution < -0.4 is 10.1 Å². The summed E-state index contributed by atoms with van der Waals surface area (Å²) >= 11 is 0. The number of pyridine rings is 1. The number of nitrogens with zero attached hydrogens (tertiary/aromatic N) is 5. The summed E-state index contributed by atoms with van der Waals surface area (Å²) in [5.74, 6) is 2.89. The first-order chi connectivity index (χ1) is 14.4. The zero-order chi connectivity index (χ0) is 21.5. The van der Waals surface area contributed by atoms with Crippen molar-refractivity contribution in [2.45, 2.75) is 52.7 Å². The van der Waals surface area contributed by atoms with E-state index < -0.39 is 0 Å². The highest BCUT2D eigenvalue weighted by molar-refractivity contribution is 14.0. The van der Waals surface area contributed by atoms with Crippen molar-refractivity contribution in [1.29, 1.82) is 0 Å². The molecule has 2 aromatic rings. The predicted molar refractivity (Wildman–Crippen MR) is 136 cm³/mol. The Kier molecular flexibility index (Phi) is 10.1. The van der Waals surface area contributed by atoms with Crippen molar-refractivity contribution < 1.29 is 4.74 Å². The van der Waals surface area contributed by atoms with Crippen molar-refractivity contribution in [1.82, 2.24) is 25.0 Å². The Labute approximate surface area is 203 Å². The third kappa shape index (κ3) is 7.97. The van der Waals surface area contributed by atoms with E-state index >= 15 is 0 Å². The number of ether oxygens (including phenoxy) is 1. The van der Waals surface area contributed by atoms with Gasteiger partial charge in [-0.2, -0.15) is 5.10 Å². The van der Waals surface area contributed by atoms with Gasteiger partial charge in [0.05, 0.1) is 12.3 Å². The summed E-state index contributed by atoms with van der Waals surface area (Å²) in [5.41, 5.74) is 2.45. The second-order valence-corrected chi connectivity index (χ2v) is 8.79. The molecule has 1 aliphatic heterocycles. The van der Waals surface area contributed by atoms with Crippen LogP contribution in [-0.2, 0) is 20.0 Å². The molecule has 0 amide bonds. The number of aliphatic imine (C=N–C) groups is 1. The maximum Gasteiger partial charge on any atom is 0.213 e. The third-order valence-corrected chi connectivity index (χ3v) is 5.46. The SMILES string of the molecule is CN=C(NCc1ccnc(OC(C)CC(C)C)c1)N1CCC(Cc2cnn(C)c2)C1.I. The number of guanidine groups is 1. The minimum absolute atomic E-state index is 0. The lowest BCUT2D eigenvalue weighted by Gasteiger charge is -2.22. The summed E-state index contributed by atoms with van der Waals surface area (Å²) in [6, 6.07) is 4.04. The molecule has 8 heteroatoms. The van der Waals surface area contributed by atoms with Gasteiger partial charge in [0.2, 0.25) is 5.88 Å². The van der Waals surface area contributed by atoms with Gasteiger partial charge in [-0.1, -0.05) is 13.8 Å². The molecule has 7 nitrogen and oxygen atoms in total. The van der Waals surface area contributed by atoms with E-state index in [4.69, 9.17) is 4.74 Å². The second-order valence-electron chi connectivity index (χ2n) is 8.79. The minimum atomic E-state index is 0. The highest BCUT2D eigenvalue weighted by atomic mass is 127. The lowest BCUT2D eigenvalue weighted by molar-refractivity contribution is 0.185. The van der Waals surface area contributed by atoms with Crippen molar-refractivity contribution in [3.63, 3.8) is 0 Å². The van der Waals surface area contributed by atoms with Gasteiger partial charge in [-0.15, -0.1) is 24.0 Å². The summed E-state index contributed by atoms with van der Waals surface area (Å²) in [5, 5.41) is 7.79. The van der Waals surface area contributed by atoms with Crippen molar-refractivity contribution >= 4 is 29.9 Å². The molecule has 2 aromatic heterocycles. The monoisotopic (exact) mass is 540 g/mol. The molecule has 0 saturated carbocycles. The molecule has 1 saturated heterocycles.